The van der Waals surface area contributed by atoms with Crippen molar-refractivity contribution < 1.29 is 0 Å². The average molecular weight is 213 g/mol. The second-order valence-electron chi connectivity index (χ2n) is 4.91. The van der Waals surface area contributed by atoms with E-state index in [1.165, 1.54) is 49.8 Å². The minimum Gasteiger partial charge on any atom is -0.310 e. The second-order valence-corrected chi connectivity index (χ2v) is 4.91. The molecule has 1 aliphatic carbocycles. The predicted molar refractivity (Wildman–Crippen MR) is 68.4 cm³/mol. The number of allylic oxidation sites excluding steroid dienone is 1. The van der Waals surface area contributed by atoms with Gasteiger partial charge in [0.1, 0.15) is 0 Å². The fourth-order valence-electron chi connectivity index (χ4n) is 2.89. The van der Waals surface area contributed by atoms with Crippen molar-refractivity contribution in [3.05, 3.63) is 41.5 Å². The van der Waals surface area contributed by atoms with Crippen molar-refractivity contribution in [2.24, 2.45) is 0 Å². The standard InChI is InChI=1S/C15H19N/c1-2-7-15-12(5-1)8-9-13(15)11-14-6-3-4-10-16-14/h1-2,5,7,11,14,16H,3-4,6,8-10H2. The molecule has 1 aromatic rings. The van der Waals surface area contributed by atoms with Gasteiger partial charge in [0, 0.05) is 6.04 Å². The molecule has 0 bridgehead atoms. The maximum absolute atomic E-state index is 3.60. The Kier molecular flexibility index (Phi) is 2.79. The van der Waals surface area contributed by atoms with Crippen LogP contribution in [0, 0.1) is 0 Å². The summed E-state index contributed by atoms with van der Waals surface area (Å²) in [6.45, 7) is 1.19. The summed E-state index contributed by atoms with van der Waals surface area (Å²) < 4.78 is 0. The minimum atomic E-state index is 0.620. The van der Waals surface area contributed by atoms with E-state index in [1.807, 2.05) is 0 Å². The molecule has 16 heavy (non-hydrogen) atoms. The number of aryl methyl sites for hydroxylation is 1. The molecule has 1 saturated heterocycles. The number of piperidine rings is 1. The Labute approximate surface area is 97.6 Å². The molecule has 1 unspecified atom stereocenters. The molecule has 2 aliphatic rings. The lowest BCUT2D eigenvalue weighted by molar-refractivity contribution is 0.455. The molecule has 1 fully saturated rings. The van der Waals surface area contributed by atoms with Crippen LogP contribution in [0.4, 0.5) is 0 Å². The van der Waals surface area contributed by atoms with E-state index in [0.717, 1.165) is 0 Å². The Morgan fingerprint density at radius 1 is 1.12 bits per heavy atom. The van der Waals surface area contributed by atoms with Crippen molar-refractivity contribution in [3.8, 4) is 0 Å². The minimum absolute atomic E-state index is 0.620. The van der Waals surface area contributed by atoms with Gasteiger partial charge in [-0.15, -0.1) is 0 Å². The van der Waals surface area contributed by atoms with Crippen molar-refractivity contribution in [2.45, 2.75) is 38.1 Å². The molecule has 0 radical (unpaired) electrons. The first-order valence-electron chi connectivity index (χ1n) is 6.46. The predicted octanol–water partition coefficient (Wildman–Crippen LogP) is 3.16. The average Bonchev–Trinajstić information content (AvgIpc) is 2.74. The van der Waals surface area contributed by atoms with Gasteiger partial charge in [-0.05, 0) is 48.9 Å². The molecule has 1 aliphatic heterocycles. The van der Waals surface area contributed by atoms with Crippen LogP contribution in [0.15, 0.2) is 30.3 Å². The molecule has 3 rings (SSSR count). The first kappa shape index (κ1) is 10.1. The Bertz CT molecular complexity index is 400. The molecular weight excluding hydrogens is 194 g/mol. The molecule has 0 aromatic heterocycles. The zero-order valence-corrected chi connectivity index (χ0v) is 9.71. The normalized spacial score (nSPS) is 27.0. The molecular formula is C15H19N. The maximum Gasteiger partial charge on any atom is 0.0255 e. The Hall–Kier alpha value is -1.08. The lowest BCUT2D eigenvalue weighted by Gasteiger charge is -2.21. The molecule has 1 aromatic carbocycles. The fourth-order valence-corrected chi connectivity index (χ4v) is 2.89. The van der Waals surface area contributed by atoms with Crippen molar-refractivity contribution in [2.75, 3.05) is 6.54 Å². The van der Waals surface area contributed by atoms with E-state index in [-0.39, 0.29) is 0 Å². The lowest BCUT2D eigenvalue weighted by atomic mass is 9.99. The van der Waals surface area contributed by atoms with Crippen molar-refractivity contribution in [1.29, 1.82) is 0 Å². The van der Waals surface area contributed by atoms with Gasteiger partial charge >= 0.3 is 0 Å². The van der Waals surface area contributed by atoms with Crippen molar-refractivity contribution in [1.82, 2.24) is 5.32 Å². The third-order valence-corrected chi connectivity index (χ3v) is 3.78. The van der Waals surface area contributed by atoms with Crippen molar-refractivity contribution >= 4 is 5.57 Å². The topological polar surface area (TPSA) is 12.0 Å². The number of nitrogens with one attached hydrogen (secondary N) is 1. The molecule has 1 heteroatoms. The molecule has 0 saturated carbocycles. The van der Waals surface area contributed by atoms with Crippen LogP contribution in [0.1, 0.15) is 36.8 Å². The van der Waals surface area contributed by atoms with Gasteiger partial charge in [0.15, 0.2) is 0 Å². The third-order valence-electron chi connectivity index (χ3n) is 3.78. The SMILES string of the molecule is C(=C1CCc2ccccc21)C1CCCCN1. The van der Waals surface area contributed by atoms with Crippen LogP contribution in [-0.2, 0) is 6.42 Å². The van der Waals surface area contributed by atoms with Gasteiger partial charge in [0.2, 0.25) is 0 Å². The summed E-state index contributed by atoms with van der Waals surface area (Å²) in [6, 6.07) is 9.48. The highest BCUT2D eigenvalue weighted by molar-refractivity contribution is 5.72. The molecule has 0 spiro atoms. The van der Waals surface area contributed by atoms with E-state index >= 15 is 0 Å². The summed E-state index contributed by atoms with van der Waals surface area (Å²) >= 11 is 0. The molecule has 84 valence electrons. The van der Waals surface area contributed by atoms with Gasteiger partial charge in [0.05, 0.1) is 0 Å². The molecule has 1 nitrogen and oxygen atoms in total. The smallest absolute Gasteiger partial charge is 0.0255 e. The Morgan fingerprint density at radius 3 is 2.94 bits per heavy atom. The summed E-state index contributed by atoms with van der Waals surface area (Å²) in [4.78, 5) is 0. The summed E-state index contributed by atoms with van der Waals surface area (Å²) in [5, 5.41) is 3.60. The fraction of sp³-hybridized carbons (Fsp3) is 0.467. The summed E-state index contributed by atoms with van der Waals surface area (Å²) in [5.74, 6) is 0. The van der Waals surface area contributed by atoms with E-state index in [4.69, 9.17) is 0 Å². The number of fused-ring (bicyclic) bond motifs is 1. The largest absolute Gasteiger partial charge is 0.310 e. The number of rotatable bonds is 1. The highest BCUT2D eigenvalue weighted by Gasteiger charge is 2.17. The van der Waals surface area contributed by atoms with Gasteiger partial charge in [-0.25, -0.2) is 0 Å². The van der Waals surface area contributed by atoms with E-state index in [2.05, 4.69) is 35.7 Å². The summed E-state index contributed by atoms with van der Waals surface area (Å²) in [7, 11) is 0. The van der Waals surface area contributed by atoms with Crippen LogP contribution >= 0.6 is 0 Å². The van der Waals surface area contributed by atoms with Gasteiger partial charge < -0.3 is 5.32 Å². The van der Waals surface area contributed by atoms with Gasteiger partial charge in [0.25, 0.3) is 0 Å². The van der Waals surface area contributed by atoms with Crippen LogP contribution in [-0.4, -0.2) is 12.6 Å². The van der Waals surface area contributed by atoms with Gasteiger partial charge in [-0.2, -0.15) is 0 Å². The molecule has 1 heterocycles. The summed E-state index contributed by atoms with van der Waals surface area (Å²) in [5.41, 5.74) is 4.59. The first-order chi connectivity index (χ1) is 7.93. The van der Waals surface area contributed by atoms with Gasteiger partial charge in [-0.1, -0.05) is 36.8 Å². The van der Waals surface area contributed by atoms with Crippen LogP contribution in [0.25, 0.3) is 5.57 Å². The number of benzene rings is 1. The highest BCUT2D eigenvalue weighted by Crippen LogP contribution is 2.32. The zero-order chi connectivity index (χ0) is 10.8. The number of hydrogen-bond donors (Lipinski definition) is 1. The second kappa shape index (κ2) is 4.42. The lowest BCUT2D eigenvalue weighted by Crippen LogP contribution is -2.32. The van der Waals surface area contributed by atoms with E-state index in [1.54, 1.807) is 5.57 Å². The Morgan fingerprint density at radius 2 is 2.06 bits per heavy atom. The van der Waals surface area contributed by atoms with Gasteiger partial charge in [-0.3, -0.25) is 0 Å². The highest BCUT2D eigenvalue weighted by atomic mass is 14.9. The molecule has 1 N–H and O–H groups in total. The van der Waals surface area contributed by atoms with E-state index in [0.29, 0.717) is 6.04 Å². The maximum atomic E-state index is 3.60. The van der Waals surface area contributed by atoms with E-state index in [9.17, 15) is 0 Å². The van der Waals surface area contributed by atoms with Crippen LogP contribution in [0.3, 0.4) is 0 Å². The van der Waals surface area contributed by atoms with Crippen molar-refractivity contribution in [3.63, 3.8) is 0 Å². The van der Waals surface area contributed by atoms with Crippen LogP contribution in [0.2, 0.25) is 0 Å². The Balaban J connectivity index is 1.83. The molecule has 1 atom stereocenters. The van der Waals surface area contributed by atoms with E-state index < -0.39 is 0 Å². The first-order valence-corrected chi connectivity index (χ1v) is 6.46. The summed E-state index contributed by atoms with van der Waals surface area (Å²) in [6.07, 6.45) is 8.97. The van der Waals surface area contributed by atoms with Crippen LogP contribution < -0.4 is 5.32 Å². The van der Waals surface area contributed by atoms with Crippen LogP contribution in [0.5, 0.6) is 0 Å². The number of hydrogen-bond acceptors (Lipinski definition) is 1. The quantitative estimate of drug-likeness (QED) is 0.755. The monoisotopic (exact) mass is 213 g/mol. The zero-order valence-electron chi connectivity index (χ0n) is 9.71. The molecule has 0 amide bonds. The third kappa shape index (κ3) is 1.92.